The number of fused-ring (bicyclic) bond motifs is 1. The van der Waals surface area contributed by atoms with Crippen molar-refractivity contribution in [3.05, 3.63) is 40.7 Å². The van der Waals surface area contributed by atoms with E-state index in [1.165, 1.54) is 29.9 Å². The number of hydrogen-bond acceptors (Lipinski definition) is 4. The summed E-state index contributed by atoms with van der Waals surface area (Å²) >= 11 is 1.63. The molecule has 27 heavy (non-hydrogen) atoms. The van der Waals surface area contributed by atoms with Crippen molar-refractivity contribution < 1.29 is 9.18 Å². The van der Waals surface area contributed by atoms with E-state index in [0.29, 0.717) is 12.3 Å². The van der Waals surface area contributed by atoms with E-state index < -0.39 is 0 Å². The number of benzene rings is 1. The molecule has 1 aromatic carbocycles. The Bertz CT molecular complexity index is 783. The molecule has 1 saturated heterocycles. The first-order valence-corrected chi connectivity index (χ1v) is 10.8. The molecule has 4 nitrogen and oxygen atoms in total. The molecule has 1 aromatic heterocycles. The lowest BCUT2D eigenvalue weighted by Gasteiger charge is -2.24. The predicted molar refractivity (Wildman–Crippen MR) is 106 cm³/mol. The molecule has 0 spiro atoms. The van der Waals surface area contributed by atoms with Crippen molar-refractivity contribution in [1.82, 2.24) is 15.6 Å². The summed E-state index contributed by atoms with van der Waals surface area (Å²) in [5.74, 6) is 0.592. The Kier molecular flexibility index (Phi) is 5.83. The molecule has 1 aliphatic carbocycles. The van der Waals surface area contributed by atoms with Crippen LogP contribution in [0.2, 0.25) is 0 Å². The number of hydrogen-bond donors (Lipinski definition) is 2. The molecule has 2 aromatic rings. The summed E-state index contributed by atoms with van der Waals surface area (Å²) in [4.78, 5) is 18.4. The van der Waals surface area contributed by atoms with Crippen LogP contribution in [0.5, 0.6) is 0 Å². The molecule has 1 fully saturated rings. The van der Waals surface area contributed by atoms with E-state index in [-0.39, 0.29) is 17.8 Å². The van der Waals surface area contributed by atoms with Crippen LogP contribution in [0.3, 0.4) is 0 Å². The van der Waals surface area contributed by atoms with Gasteiger partial charge in [-0.25, -0.2) is 9.37 Å². The number of amides is 1. The second-order valence-electron chi connectivity index (χ2n) is 7.58. The quantitative estimate of drug-likeness (QED) is 0.808. The number of carbonyl (C=O) groups excluding carboxylic acids is 1. The Morgan fingerprint density at radius 3 is 2.78 bits per heavy atom. The van der Waals surface area contributed by atoms with Crippen LogP contribution in [0.25, 0.3) is 10.6 Å². The van der Waals surface area contributed by atoms with E-state index in [4.69, 9.17) is 4.98 Å². The maximum absolute atomic E-state index is 13.2. The Balaban J connectivity index is 1.40. The first-order valence-electron chi connectivity index (χ1n) is 9.94. The van der Waals surface area contributed by atoms with Crippen LogP contribution in [0.1, 0.15) is 55.1 Å². The van der Waals surface area contributed by atoms with Crippen molar-refractivity contribution >= 4 is 17.2 Å². The van der Waals surface area contributed by atoms with Gasteiger partial charge in [-0.2, -0.15) is 0 Å². The molecule has 1 unspecified atom stereocenters. The summed E-state index contributed by atoms with van der Waals surface area (Å²) < 4.78 is 13.2. The molecular formula is C21H26FN3OS. The van der Waals surface area contributed by atoms with Gasteiger partial charge in [0.05, 0.1) is 16.6 Å². The fraction of sp³-hybridized carbons (Fsp3) is 0.524. The van der Waals surface area contributed by atoms with Gasteiger partial charge in [0.1, 0.15) is 10.8 Å². The third-order valence-electron chi connectivity index (χ3n) is 5.62. The maximum atomic E-state index is 13.2. The molecule has 144 valence electrons. The van der Waals surface area contributed by atoms with Crippen molar-refractivity contribution in [1.29, 1.82) is 0 Å². The molecule has 4 rings (SSSR count). The number of aryl methyl sites for hydroxylation is 1. The van der Waals surface area contributed by atoms with Gasteiger partial charge in [-0.15, -0.1) is 11.3 Å². The topological polar surface area (TPSA) is 54.0 Å². The van der Waals surface area contributed by atoms with E-state index in [2.05, 4.69) is 10.6 Å². The molecule has 2 N–H and O–H groups in total. The van der Waals surface area contributed by atoms with E-state index in [1.54, 1.807) is 23.5 Å². The second kappa shape index (κ2) is 8.48. The van der Waals surface area contributed by atoms with Crippen LogP contribution >= 0.6 is 11.3 Å². The molecule has 1 aliphatic heterocycles. The Morgan fingerprint density at radius 1 is 1.22 bits per heavy atom. The summed E-state index contributed by atoms with van der Waals surface area (Å²) in [6.45, 7) is 2.15. The number of piperidine rings is 1. The average Bonchev–Trinajstić information content (AvgIpc) is 3.13. The van der Waals surface area contributed by atoms with Crippen LogP contribution in [0, 0.1) is 11.7 Å². The zero-order valence-corrected chi connectivity index (χ0v) is 16.3. The van der Waals surface area contributed by atoms with Gasteiger partial charge in [0.25, 0.3) is 0 Å². The highest BCUT2D eigenvalue weighted by molar-refractivity contribution is 7.15. The minimum Gasteiger partial charge on any atom is -0.348 e. The lowest BCUT2D eigenvalue weighted by Crippen LogP contribution is -2.32. The summed E-state index contributed by atoms with van der Waals surface area (Å²) in [7, 11) is 0. The number of nitrogens with zero attached hydrogens (tertiary/aromatic N) is 1. The minimum absolute atomic E-state index is 0.0703. The molecule has 2 heterocycles. The smallest absolute Gasteiger partial charge is 0.220 e. The summed E-state index contributed by atoms with van der Waals surface area (Å²) in [6.07, 6.45) is 6.91. The first-order chi connectivity index (χ1) is 13.2. The number of nitrogens with one attached hydrogen (secondary N) is 2. The molecular weight excluding hydrogens is 361 g/mol. The van der Waals surface area contributed by atoms with Gasteiger partial charge < -0.3 is 10.6 Å². The summed E-state index contributed by atoms with van der Waals surface area (Å²) in [5.41, 5.74) is 2.03. The van der Waals surface area contributed by atoms with Crippen molar-refractivity contribution in [3.8, 4) is 10.6 Å². The number of carbonyl (C=O) groups is 1. The lowest BCUT2D eigenvalue weighted by molar-refractivity contribution is -0.122. The minimum atomic E-state index is -0.237. The van der Waals surface area contributed by atoms with E-state index >= 15 is 0 Å². The standard InChI is InChI=1S/C21H26FN3OS/c22-16-7-5-15(6-8-16)21-25-18-3-1-2-17(20(18)27-21)24-19(26)9-4-14-10-12-23-13-11-14/h5-8,14,17,23H,1-4,9-13H2,(H,24,26). The monoisotopic (exact) mass is 387 g/mol. The Labute approximate surface area is 163 Å². The zero-order chi connectivity index (χ0) is 18.6. The largest absolute Gasteiger partial charge is 0.348 e. The van der Waals surface area contributed by atoms with Gasteiger partial charge in [-0.05, 0) is 81.8 Å². The van der Waals surface area contributed by atoms with Gasteiger partial charge in [0.2, 0.25) is 5.91 Å². The fourth-order valence-corrected chi connectivity index (χ4v) is 5.25. The van der Waals surface area contributed by atoms with E-state index in [9.17, 15) is 9.18 Å². The van der Waals surface area contributed by atoms with Gasteiger partial charge >= 0.3 is 0 Å². The number of rotatable bonds is 5. The summed E-state index contributed by atoms with van der Waals surface area (Å²) in [5, 5.41) is 7.53. The average molecular weight is 388 g/mol. The van der Waals surface area contributed by atoms with Crippen molar-refractivity contribution in [2.24, 2.45) is 5.92 Å². The van der Waals surface area contributed by atoms with Crippen molar-refractivity contribution in [2.45, 2.75) is 51.0 Å². The SMILES string of the molecule is O=C(CCC1CCNCC1)NC1CCCc2nc(-c3ccc(F)cc3)sc21. The number of aromatic nitrogens is 1. The Morgan fingerprint density at radius 2 is 2.00 bits per heavy atom. The van der Waals surface area contributed by atoms with Gasteiger partial charge in [-0.1, -0.05) is 0 Å². The zero-order valence-electron chi connectivity index (χ0n) is 15.5. The van der Waals surface area contributed by atoms with Gasteiger partial charge in [0.15, 0.2) is 0 Å². The van der Waals surface area contributed by atoms with Crippen LogP contribution in [-0.2, 0) is 11.2 Å². The normalized spacial score (nSPS) is 20.3. The molecule has 1 amide bonds. The van der Waals surface area contributed by atoms with Crippen LogP contribution < -0.4 is 10.6 Å². The molecule has 0 bridgehead atoms. The number of thiazole rings is 1. The molecule has 0 saturated carbocycles. The van der Waals surface area contributed by atoms with Crippen molar-refractivity contribution in [3.63, 3.8) is 0 Å². The number of halogens is 1. The van der Waals surface area contributed by atoms with Crippen LogP contribution in [0.15, 0.2) is 24.3 Å². The molecule has 2 aliphatic rings. The van der Waals surface area contributed by atoms with Crippen LogP contribution in [0.4, 0.5) is 4.39 Å². The molecule has 1 atom stereocenters. The highest BCUT2D eigenvalue weighted by atomic mass is 32.1. The first kappa shape index (κ1) is 18.6. The molecule has 0 radical (unpaired) electrons. The fourth-order valence-electron chi connectivity index (χ4n) is 4.05. The molecule has 6 heteroatoms. The summed E-state index contributed by atoms with van der Waals surface area (Å²) in [6, 6.07) is 6.55. The van der Waals surface area contributed by atoms with E-state index in [1.807, 2.05) is 0 Å². The highest BCUT2D eigenvalue weighted by Crippen LogP contribution is 2.38. The van der Waals surface area contributed by atoms with Gasteiger partial charge in [-0.3, -0.25) is 4.79 Å². The highest BCUT2D eigenvalue weighted by Gasteiger charge is 2.26. The van der Waals surface area contributed by atoms with Crippen LogP contribution in [-0.4, -0.2) is 24.0 Å². The lowest BCUT2D eigenvalue weighted by atomic mass is 9.92. The maximum Gasteiger partial charge on any atom is 0.220 e. The van der Waals surface area contributed by atoms with Crippen molar-refractivity contribution in [2.75, 3.05) is 13.1 Å². The van der Waals surface area contributed by atoms with E-state index in [0.717, 1.165) is 55.0 Å². The van der Waals surface area contributed by atoms with Gasteiger partial charge in [0, 0.05) is 12.0 Å². The predicted octanol–water partition coefficient (Wildman–Crippen LogP) is 4.22. The second-order valence-corrected chi connectivity index (χ2v) is 8.61. The third kappa shape index (κ3) is 4.55. The Hall–Kier alpha value is -1.79. The third-order valence-corrected chi connectivity index (χ3v) is 6.88.